The molecule has 2 aromatic rings. The summed E-state index contributed by atoms with van der Waals surface area (Å²) in [7, 11) is 6.08. The summed E-state index contributed by atoms with van der Waals surface area (Å²) in [5, 5.41) is 3.34. The molecule has 0 bridgehead atoms. The lowest BCUT2D eigenvalue weighted by molar-refractivity contribution is -0.136. The molecule has 0 aromatic heterocycles. The highest BCUT2D eigenvalue weighted by Gasteiger charge is 2.42. The lowest BCUT2D eigenvalue weighted by Gasteiger charge is -2.37. The maximum absolute atomic E-state index is 13.7. The van der Waals surface area contributed by atoms with Gasteiger partial charge < -0.3 is 24.3 Å². The van der Waals surface area contributed by atoms with Gasteiger partial charge in [-0.3, -0.25) is 4.79 Å². The van der Waals surface area contributed by atoms with Crippen LogP contribution in [0.2, 0.25) is 0 Å². The second-order valence-electron chi connectivity index (χ2n) is 8.36. The van der Waals surface area contributed by atoms with E-state index in [1.165, 1.54) is 7.11 Å². The van der Waals surface area contributed by atoms with Crippen molar-refractivity contribution in [1.82, 2.24) is 5.32 Å². The molecule has 0 unspecified atom stereocenters. The standard InChI is InChI=1S/C27H29NO6/c1-15-23(27(30)34-5)24(19-7-6-8-22(32-3)26(19)33-4)25-20(28-15)13-17(14-21(25)29)16-9-11-18(31-2)12-10-16/h6-12,17,24,28H,13-14H2,1-5H3/t17-,24+/m0/s1. The Morgan fingerprint density at radius 1 is 0.941 bits per heavy atom. The van der Waals surface area contributed by atoms with Crippen LogP contribution >= 0.6 is 0 Å². The Bertz CT molecular complexity index is 1180. The maximum Gasteiger partial charge on any atom is 0.336 e. The van der Waals surface area contributed by atoms with Gasteiger partial charge in [-0.1, -0.05) is 24.3 Å². The molecule has 1 heterocycles. The second-order valence-corrected chi connectivity index (χ2v) is 8.36. The van der Waals surface area contributed by atoms with Gasteiger partial charge in [0.1, 0.15) is 5.75 Å². The molecule has 0 amide bonds. The van der Waals surface area contributed by atoms with Crippen molar-refractivity contribution in [3.63, 3.8) is 0 Å². The SMILES string of the molecule is COC(=O)C1=C(C)NC2=C(C(=O)C[C@@H](c3ccc(OC)cc3)C2)[C@@H]1c1cccc(OC)c1OC. The van der Waals surface area contributed by atoms with E-state index in [4.69, 9.17) is 18.9 Å². The number of ketones is 1. The molecular weight excluding hydrogens is 434 g/mol. The van der Waals surface area contributed by atoms with Crippen LogP contribution in [0.3, 0.4) is 0 Å². The van der Waals surface area contributed by atoms with E-state index in [0.717, 1.165) is 17.0 Å². The third kappa shape index (κ3) is 4.02. The molecule has 4 rings (SSSR count). The Balaban J connectivity index is 1.84. The monoisotopic (exact) mass is 463 g/mol. The molecule has 1 aliphatic carbocycles. The summed E-state index contributed by atoms with van der Waals surface area (Å²) in [6, 6.07) is 13.3. The zero-order valence-corrected chi connectivity index (χ0v) is 20.1. The molecule has 2 aliphatic rings. The summed E-state index contributed by atoms with van der Waals surface area (Å²) < 4.78 is 21.5. The molecule has 0 saturated heterocycles. The van der Waals surface area contributed by atoms with Gasteiger partial charge in [-0.2, -0.15) is 0 Å². The van der Waals surface area contributed by atoms with Crippen molar-refractivity contribution in [3.8, 4) is 17.2 Å². The minimum absolute atomic E-state index is 0.0154. The number of ether oxygens (including phenoxy) is 4. The van der Waals surface area contributed by atoms with Gasteiger partial charge in [0.2, 0.25) is 0 Å². The molecule has 2 aromatic carbocycles. The molecule has 7 nitrogen and oxygen atoms in total. The number of rotatable bonds is 6. The molecule has 7 heteroatoms. The number of allylic oxidation sites excluding steroid dienone is 3. The predicted octanol–water partition coefficient (Wildman–Crippen LogP) is 4.25. The molecule has 1 aliphatic heterocycles. The number of hydrogen-bond acceptors (Lipinski definition) is 7. The number of para-hydroxylation sites is 1. The number of hydrogen-bond donors (Lipinski definition) is 1. The van der Waals surface area contributed by atoms with Gasteiger partial charge >= 0.3 is 5.97 Å². The molecule has 0 fully saturated rings. The maximum atomic E-state index is 13.7. The fourth-order valence-corrected chi connectivity index (χ4v) is 4.98. The lowest BCUT2D eigenvalue weighted by Crippen LogP contribution is -2.36. The summed E-state index contributed by atoms with van der Waals surface area (Å²) in [4.78, 5) is 26.6. The van der Waals surface area contributed by atoms with E-state index in [0.29, 0.717) is 46.7 Å². The van der Waals surface area contributed by atoms with E-state index in [1.54, 1.807) is 27.4 Å². The van der Waals surface area contributed by atoms with E-state index in [9.17, 15) is 9.59 Å². The van der Waals surface area contributed by atoms with Crippen molar-refractivity contribution in [2.75, 3.05) is 28.4 Å². The van der Waals surface area contributed by atoms with Gasteiger partial charge in [-0.15, -0.1) is 0 Å². The summed E-state index contributed by atoms with van der Waals surface area (Å²) in [5.41, 5.74) is 4.19. The third-order valence-electron chi connectivity index (χ3n) is 6.56. The molecule has 0 radical (unpaired) electrons. The van der Waals surface area contributed by atoms with E-state index in [2.05, 4.69) is 5.32 Å². The van der Waals surface area contributed by atoms with Crippen LogP contribution in [0.5, 0.6) is 17.2 Å². The van der Waals surface area contributed by atoms with Crippen molar-refractivity contribution in [2.45, 2.75) is 31.6 Å². The van der Waals surface area contributed by atoms with Crippen LogP contribution in [0.25, 0.3) is 0 Å². The number of carbonyl (C=O) groups is 2. The van der Waals surface area contributed by atoms with Crippen LogP contribution in [0.4, 0.5) is 0 Å². The molecule has 0 spiro atoms. The molecule has 2 atom stereocenters. The number of Topliss-reactive ketones (excluding diaryl/α,β-unsaturated/α-hetero) is 1. The van der Waals surface area contributed by atoms with Crippen LogP contribution in [0.1, 0.15) is 42.7 Å². The normalized spacial score (nSPS) is 19.9. The average Bonchev–Trinajstić information content (AvgIpc) is 2.86. The minimum Gasteiger partial charge on any atom is -0.497 e. The molecule has 0 saturated carbocycles. The first-order chi connectivity index (χ1) is 16.4. The molecule has 178 valence electrons. The van der Waals surface area contributed by atoms with Crippen molar-refractivity contribution in [3.05, 3.63) is 76.1 Å². The summed E-state index contributed by atoms with van der Waals surface area (Å²) in [5.74, 6) is 0.677. The number of esters is 1. The van der Waals surface area contributed by atoms with Crippen molar-refractivity contribution in [1.29, 1.82) is 0 Å². The van der Waals surface area contributed by atoms with E-state index in [-0.39, 0.29) is 11.7 Å². The first-order valence-electron chi connectivity index (χ1n) is 11.1. The number of carbonyl (C=O) groups excluding carboxylic acids is 2. The van der Waals surface area contributed by atoms with E-state index < -0.39 is 11.9 Å². The Morgan fingerprint density at radius 2 is 1.68 bits per heavy atom. The number of nitrogens with one attached hydrogen (secondary N) is 1. The number of methoxy groups -OCH3 is 4. The fraction of sp³-hybridized carbons (Fsp3) is 0.333. The zero-order chi connectivity index (χ0) is 24.4. The van der Waals surface area contributed by atoms with Gasteiger partial charge in [0, 0.05) is 29.0 Å². The minimum atomic E-state index is -0.627. The van der Waals surface area contributed by atoms with Crippen LogP contribution in [0, 0.1) is 0 Å². The Hall–Kier alpha value is -3.74. The first kappa shape index (κ1) is 23.4. The van der Waals surface area contributed by atoms with Crippen LogP contribution < -0.4 is 19.5 Å². The summed E-state index contributed by atoms with van der Waals surface area (Å²) in [6.45, 7) is 1.83. The predicted molar refractivity (Wildman–Crippen MR) is 127 cm³/mol. The van der Waals surface area contributed by atoms with Crippen LogP contribution in [0.15, 0.2) is 65.0 Å². The smallest absolute Gasteiger partial charge is 0.336 e. The molecule has 1 N–H and O–H groups in total. The van der Waals surface area contributed by atoms with E-state index in [1.807, 2.05) is 43.3 Å². The van der Waals surface area contributed by atoms with Gasteiger partial charge in [0.15, 0.2) is 17.3 Å². The molecule has 34 heavy (non-hydrogen) atoms. The summed E-state index contributed by atoms with van der Waals surface area (Å²) >= 11 is 0. The quantitative estimate of drug-likeness (QED) is 0.642. The first-order valence-corrected chi connectivity index (χ1v) is 11.1. The second kappa shape index (κ2) is 9.63. The fourth-order valence-electron chi connectivity index (χ4n) is 4.98. The zero-order valence-electron chi connectivity index (χ0n) is 20.1. The lowest BCUT2D eigenvalue weighted by atomic mass is 9.71. The van der Waals surface area contributed by atoms with Crippen molar-refractivity contribution >= 4 is 11.8 Å². The topological polar surface area (TPSA) is 83.1 Å². The number of benzene rings is 2. The number of dihydropyridines is 1. The van der Waals surface area contributed by atoms with Gasteiger partial charge in [0.25, 0.3) is 0 Å². The third-order valence-corrected chi connectivity index (χ3v) is 6.56. The largest absolute Gasteiger partial charge is 0.497 e. The van der Waals surface area contributed by atoms with Gasteiger partial charge in [-0.25, -0.2) is 4.79 Å². The van der Waals surface area contributed by atoms with Crippen molar-refractivity contribution in [2.24, 2.45) is 0 Å². The highest BCUT2D eigenvalue weighted by Crippen LogP contribution is 2.49. The Labute approximate surface area is 199 Å². The summed E-state index contributed by atoms with van der Waals surface area (Å²) in [6.07, 6.45) is 0.977. The van der Waals surface area contributed by atoms with E-state index >= 15 is 0 Å². The van der Waals surface area contributed by atoms with Crippen molar-refractivity contribution < 1.29 is 28.5 Å². The Kier molecular flexibility index (Phi) is 6.63. The average molecular weight is 464 g/mol. The Morgan fingerprint density at radius 3 is 2.29 bits per heavy atom. The van der Waals surface area contributed by atoms with Gasteiger partial charge in [0.05, 0.1) is 39.9 Å². The highest BCUT2D eigenvalue weighted by molar-refractivity contribution is 6.04. The van der Waals surface area contributed by atoms with Crippen LogP contribution in [-0.2, 0) is 14.3 Å². The highest BCUT2D eigenvalue weighted by atomic mass is 16.5. The van der Waals surface area contributed by atoms with Gasteiger partial charge in [-0.05, 0) is 43.0 Å². The van der Waals surface area contributed by atoms with Crippen LogP contribution in [-0.4, -0.2) is 40.2 Å². The molecular formula is C27H29NO6.